The Hall–Kier alpha value is -1.52. The smallest absolute Gasteiger partial charge is 0.259 e. The maximum atomic E-state index is 12.3. The standard InChI is InChI=1S/C12H20N4O/c1-8(2)5-6-16(9-3-4-9)12(17)10-7-14-15-11(10)13/h7-9H,3-6H2,1-2H3,(H3,13,14,15). The van der Waals surface area contributed by atoms with E-state index in [-0.39, 0.29) is 5.91 Å². The van der Waals surface area contributed by atoms with Gasteiger partial charge in [0.2, 0.25) is 0 Å². The van der Waals surface area contributed by atoms with Gasteiger partial charge in [-0.15, -0.1) is 0 Å². The first-order valence-corrected chi connectivity index (χ1v) is 6.19. The molecular weight excluding hydrogens is 216 g/mol. The number of nitrogens with two attached hydrogens (primary N) is 1. The lowest BCUT2D eigenvalue weighted by molar-refractivity contribution is 0.0736. The molecule has 0 bridgehead atoms. The Bertz CT molecular complexity index is 395. The summed E-state index contributed by atoms with van der Waals surface area (Å²) in [6, 6.07) is 0.413. The summed E-state index contributed by atoms with van der Waals surface area (Å²) >= 11 is 0. The van der Waals surface area contributed by atoms with E-state index in [2.05, 4.69) is 24.0 Å². The van der Waals surface area contributed by atoms with Crippen molar-refractivity contribution in [2.75, 3.05) is 12.3 Å². The van der Waals surface area contributed by atoms with Crippen LogP contribution in [0.1, 0.15) is 43.5 Å². The Balaban J connectivity index is 2.05. The molecule has 1 saturated carbocycles. The minimum absolute atomic E-state index is 0.0133. The Morgan fingerprint density at radius 1 is 1.65 bits per heavy atom. The quantitative estimate of drug-likeness (QED) is 0.816. The van der Waals surface area contributed by atoms with E-state index < -0.39 is 0 Å². The third-order valence-corrected chi connectivity index (χ3v) is 3.10. The van der Waals surface area contributed by atoms with Crippen molar-refractivity contribution < 1.29 is 4.79 Å². The average molecular weight is 236 g/mol. The Morgan fingerprint density at radius 2 is 2.35 bits per heavy atom. The first-order chi connectivity index (χ1) is 8.09. The molecule has 1 fully saturated rings. The van der Waals surface area contributed by atoms with E-state index in [1.165, 1.54) is 6.20 Å². The number of aromatic amines is 1. The van der Waals surface area contributed by atoms with Crippen molar-refractivity contribution in [2.45, 2.75) is 39.2 Å². The molecule has 0 aromatic carbocycles. The molecule has 2 rings (SSSR count). The van der Waals surface area contributed by atoms with Crippen molar-refractivity contribution in [1.82, 2.24) is 15.1 Å². The van der Waals surface area contributed by atoms with Crippen LogP contribution < -0.4 is 5.73 Å². The summed E-state index contributed by atoms with van der Waals surface area (Å²) in [5.41, 5.74) is 6.19. The number of aromatic nitrogens is 2. The highest BCUT2D eigenvalue weighted by Crippen LogP contribution is 2.29. The molecule has 0 aliphatic heterocycles. The van der Waals surface area contributed by atoms with E-state index in [4.69, 9.17) is 5.73 Å². The number of anilines is 1. The van der Waals surface area contributed by atoms with E-state index in [0.29, 0.717) is 23.3 Å². The van der Waals surface area contributed by atoms with Crippen molar-refractivity contribution in [3.63, 3.8) is 0 Å². The lowest BCUT2D eigenvalue weighted by atomic mass is 10.1. The van der Waals surface area contributed by atoms with Crippen LogP contribution in [0.25, 0.3) is 0 Å². The van der Waals surface area contributed by atoms with Gasteiger partial charge < -0.3 is 10.6 Å². The topological polar surface area (TPSA) is 75.0 Å². The third kappa shape index (κ3) is 2.78. The summed E-state index contributed by atoms with van der Waals surface area (Å²) in [6.07, 6.45) is 4.77. The number of H-pyrrole nitrogens is 1. The highest BCUT2D eigenvalue weighted by atomic mass is 16.2. The van der Waals surface area contributed by atoms with Gasteiger partial charge in [0, 0.05) is 12.6 Å². The third-order valence-electron chi connectivity index (χ3n) is 3.10. The molecule has 3 N–H and O–H groups in total. The normalized spacial score (nSPS) is 15.2. The fourth-order valence-electron chi connectivity index (χ4n) is 1.85. The second kappa shape index (κ2) is 4.77. The summed E-state index contributed by atoms with van der Waals surface area (Å²) in [5, 5.41) is 6.41. The van der Waals surface area contributed by atoms with E-state index in [1.807, 2.05) is 4.90 Å². The van der Waals surface area contributed by atoms with Crippen LogP contribution in [0.2, 0.25) is 0 Å². The van der Waals surface area contributed by atoms with Gasteiger partial charge in [-0.3, -0.25) is 9.89 Å². The van der Waals surface area contributed by atoms with Gasteiger partial charge >= 0.3 is 0 Å². The van der Waals surface area contributed by atoms with E-state index in [0.717, 1.165) is 25.8 Å². The van der Waals surface area contributed by atoms with Gasteiger partial charge in [-0.1, -0.05) is 13.8 Å². The molecule has 1 heterocycles. The monoisotopic (exact) mass is 236 g/mol. The van der Waals surface area contributed by atoms with Crippen LogP contribution in [-0.2, 0) is 0 Å². The molecule has 5 nitrogen and oxygen atoms in total. The molecule has 5 heteroatoms. The number of hydrogen-bond donors (Lipinski definition) is 2. The lowest BCUT2D eigenvalue weighted by Crippen LogP contribution is -2.34. The minimum Gasteiger partial charge on any atom is -0.383 e. The predicted octanol–water partition coefficient (Wildman–Crippen LogP) is 1.64. The van der Waals surface area contributed by atoms with Gasteiger partial charge in [0.1, 0.15) is 11.4 Å². The van der Waals surface area contributed by atoms with Gasteiger partial charge in [0.15, 0.2) is 0 Å². The van der Waals surface area contributed by atoms with Crippen LogP contribution in [0.5, 0.6) is 0 Å². The fourth-order valence-corrected chi connectivity index (χ4v) is 1.85. The molecule has 17 heavy (non-hydrogen) atoms. The van der Waals surface area contributed by atoms with E-state index >= 15 is 0 Å². The van der Waals surface area contributed by atoms with Crippen LogP contribution in [-0.4, -0.2) is 33.6 Å². The Kier molecular flexibility index (Phi) is 3.36. The molecule has 0 unspecified atom stereocenters. The number of carbonyl (C=O) groups excluding carboxylic acids is 1. The number of carbonyl (C=O) groups is 1. The van der Waals surface area contributed by atoms with Crippen LogP contribution in [0.15, 0.2) is 6.20 Å². The zero-order valence-corrected chi connectivity index (χ0v) is 10.4. The van der Waals surface area contributed by atoms with Gasteiger partial charge in [-0.05, 0) is 25.2 Å². The van der Waals surface area contributed by atoms with Crippen molar-refractivity contribution >= 4 is 11.7 Å². The van der Waals surface area contributed by atoms with Crippen molar-refractivity contribution in [2.24, 2.45) is 5.92 Å². The van der Waals surface area contributed by atoms with Gasteiger partial charge in [-0.25, -0.2) is 0 Å². The van der Waals surface area contributed by atoms with Crippen LogP contribution >= 0.6 is 0 Å². The second-order valence-corrected chi connectivity index (χ2v) is 5.11. The van der Waals surface area contributed by atoms with Gasteiger partial charge in [0.25, 0.3) is 5.91 Å². The molecule has 1 aromatic heterocycles. The van der Waals surface area contributed by atoms with Crippen molar-refractivity contribution in [1.29, 1.82) is 0 Å². The summed E-state index contributed by atoms with van der Waals surface area (Å²) in [6.45, 7) is 5.15. The zero-order valence-electron chi connectivity index (χ0n) is 10.4. The van der Waals surface area contributed by atoms with Gasteiger partial charge in [0.05, 0.1) is 6.20 Å². The molecule has 0 atom stereocenters. The zero-order chi connectivity index (χ0) is 12.4. The summed E-state index contributed by atoms with van der Waals surface area (Å²) in [5.74, 6) is 0.982. The van der Waals surface area contributed by atoms with Gasteiger partial charge in [-0.2, -0.15) is 5.10 Å². The van der Waals surface area contributed by atoms with Crippen LogP contribution in [0.3, 0.4) is 0 Å². The minimum atomic E-state index is 0.0133. The SMILES string of the molecule is CC(C)CCN(C(=O)c1cn[nH]c1N)C1CC1. The predicted molar refractivity (Wildman–Crippen MR) is 66.5 cm³/mol. The molecule has 0 saturated heterocycles. The Morgan fingerprint density at radius 3 is 2.82 bits per heavy atom. The molecule has 94 valence electrons. The number of nitrogens with one attached hydrogen (secondary N) is 1. The molecule has 1 aliphatic carbocycles. The second-order valence-electron chi connectivity index (χ2n) is 5.11. The number of amides is 1. The highest BCUT2D eigenvalue weighted by Gasteiger charge is 2.33. The summed E-state index contributed by atoms with van der Waals surface area (Å²) in [7, 11) is 0. The number of rotatable bonds is 5. The summed E-state index contributed by atoms with van der Waals surface area (Å²) < 4.78 is 0. The molecule has 0 spiro atoms. The van der Waals surface area contributed by atoms with Crippen molar-refractivity contribution in [3.05, 3.63) is 11.8 Å². The maximum absolute atomic E-state index is 12.3. The number of hydrogen-bond acceptors (Lipinski definition) is 3. The molecule has 1 aliphatic rings. The molecule has 0 radical (unpaired) electrons. The maximum Gasteiger partial charge on any atom is 0.259 e. The van der Waals surface area contributed by atoms with Crippen LogP contribution in [0, 0.1) is 5.92 Å². The molecular formula is C12H20N4O. The summed E-state index contributed by atoms with van der Waals surface area (Å²) in [4.78, 5) is 14.3. The first kappa shape index (κ1) is 12.0. The fraction of sp³-hybridized carbons (Fsp3) is 0.667. The van der Waals surface area contributed by atoms with Crippen LogP contribution in [0.4, 0.5) is 5.82 Å². The average Bonchev–Trinajstić information content (AvgIpc) is 3.00. The van der Waals surface area contributed by atoms with E-state index in [9.17, 15) is 4.79 Å². The number of nitrogen functional groups attached to an aromatic ring is 1. The van der Waals surface area contributed by atoms with Crippen molar-refractivity contribution in [3.8, 4) is 0 Å². The van der Waals surface area contributed by atoms with E-state index in [1.54, 1.807) is 0 Å². The first-order valence-electron chi connectivity index (χ1n) is 6.19. The molecule has 1 aromatic rings. The molecule has 1 amide bonds. The largest absolute Gasteiger partial charge is 0.383 e. The number of nitrogens with zero attached hydrogens (tertiary/aromatic N) is 2. The Labute approximate surface area is 101 Å². The highest BCUT2D eigenvalue weighted by molar-refractivity contribution is 5.98. The lowest BCUT2D eigenvalue weighted by Gasteiger charge is -2.23.